The summed E-state index contributed by atoms with van der Waals surface area (Å²) in [5.41, 5.74) is 0. The second-order valence-electron chi connectivity index (χ2n) is 1.54. The van der Waals surface area contributed by atoms with E-state index in [0.29, 0.717) is 0 Å². The van der Waals surface area contributed by atoms with E-state index in [1.54, 1.807) is 0 Å². The van der Waals surface area contributed by atoms with Crippen molar-refractivity contribution in [3.05, 3.63) is 12.0 Å². The Kier molecular flexibility index (Phi) is 2.92. The Labute approximate surface area is 46.9 Å². The highest BCUT2D eigenvalue weighted by atomic mass is 32.2. The number of hydrogen-bond donors (Lipinski definition) is 0. The molecule has 0 fully saturated rings. The van der Waals surface area contributed by atoms with E-state index in [9.17, 15) is 4.21 Å². The van der Waals surface area contributed by atoms with Crippen LogP contribution >= 0.6 is 0 Å². The van der Waals surface area contributed by atoms with Crippen LogP contribution in [0.25, 0.3) is 0 Å². The Hall–Kier alpha value is -0.110. The summed E-state index contributed by atoms with van der Waals surface area (Å²) >= 11 is 0. The lowest BCUT2D eigenvalue weighted by atomic mass is 10.6. The Morgan fingerprint density at radius 1 is 1.71 bits per heavy atom. The van der Waals surface area contributed by atoms with Gasteiger partial charge in [-0.3, -0.25) is 4.21 Å². The molecule has 0 bridgehead atoms. The van der Waals surface area contributed by atoms with E-state index in [1.807, 2.05) is 13.8 Å². The largest absolute Gasteiger partial charge is 0.255 e. The second-order valence-corrected chi connectivity index (χ2v) is 3.48. The van der Waals surface area contributed by atoms with Crippen LogP contribution in [0.4, 0.5) is 0 Å². The first-order chi connectivity index (χ1) is 3.18. The van der Waals surface area contributed by atoms with Crippen molar-refractivity contribution in [2.45, 2.75) is 19.1 Å². The minimum absolute atomic E-state index is 0.220. The summed E-state index contributed by atoms with van der Waals surface area (Å²) < 4.78 is 10.5. The highest BCUT2D eigenvalue weighted by Crippen LogP contribution is 1.92. The zero-order valence-electron chi connectivity index (χ0n) is 4.68. The van der Waals surface area contributed by atoms with Gasteiger partial charge in [-0.1, -0.05) is 20.4 Å². The lowest BCUT2D eigenvalue weighted by molar-refractivity contribution is 0.682. The van der Waals surface area contributed by atoms with Gasteiger partial charge in [-0.05, 0) is 5.41 Å². The molecule has 0 rings (SSSR count). The summed E-state index contributed by atoms with van der Waals surface area (Å²) in [5.74, 6) is 0. The van der Waals surface area contributed by atoms with Crippen LogP contribution in [0.3, 0.4) is 0 Å². The average Bonchev–Trinajstić information content (AvgIpc) is 1.65. The normalized spacial score (nSPS) is 14.1. The third-order valence-corrected chi connectivity index (χ3v) is 1.89. The molecule has 0 unspecified atom stereocenters. The summed E-state index contributed by atoms with van der Waals surface area (Å²) in [7, 11) is -0.815. The molecule has 42 valence electrons. The zero-order chi connectivity index (χ0) is 5.86. The molecule has 1 nitrogen and oxygen atoms in total. The maximum Gasteiger partial charge on any atom is 0.0475 e. The number of hydrogen-bond acceptors (Lipinski definition) is 1. The van der Waals surface area contributed by atoms with Crippen molar-refractivity contribution < 1.29 is 4.21 Å². The molecule has 0 aliphatic heterocycles. The topological polar surface area (TPSA) is 17.1 Å². The van der Waals surface area contributed by atoms with Crippen LogP contribution in [0.2, 0.25) is 0 Å². The Bertz CT molecular complexity index is 86.1. The molecule has 7 heavy (non-hydrogen) atoms. The summed E-state index contributed by atoms with van der Waals surface area (Å²) in [6, 6.07) is 0. The number of rotatable bonds is 2. The second kappa shape index (κ2) is 2.97. The standard InChI is InChI=1S/C5H10OS/c1-4-7(6)5(2)3/h4-5H,1H2,2-3H3/t7-/m1/s1. The van der Waals surface area contributed by atoms with Gasteiger partial charge in [-0.25, -0.2) is 0 Å². The molecule has 0 radical (unpaired) electrons. The van der Waals surface area contributed by atoms with Crippen molar-refractivity contribution in [2.24, 2.45) is 0 Å². The summed E-state index contributed by atoms with van der Waals surface area (Å²) in [6.07, 6.45) is 0. The highest BCUT2D eigenvalue weighted by molar-refractivity contribution is 7.88. The zero-order valence-corrected chi connectivity index (χ0v) is 5.49. The fraction of sp³-hybridized carbons (Fsp3) is 0.600. The highest BCUT2D eigenvalue weighted by Gasteiger charge is 1.95. The average molecular weight is 118 g/mol. The molecule has 1 atom stereocenters. The molecule has 0 aromatic heterocycles. The molecule has 0 aromatic carbocycles. The van der Waals surface area contributed by atoms with E-state index < -0.39 is 10.8 Å². The van der Waals surface area contributed by atoms with Gasteiger partial charge in [-0.2, -0.15) is 0 Å². The van der Waals surface area contributed by atoms with Crippen LogP contribution in [-0.2, 0) is 10.8 Å². The van der Waals surface area contributed by atoms with Crippen LogP contribution in [0.1, 0.15) is 13.8 Å². The molecule has 0 aromatic rings. The molecule has 0 aliphatic rings. The van der Waals surface area contributed by atoms with Crippen LogP contribution in [0.15, 0.2) is 12.0 Å². The van der Waals surface area contributed by atoms with Crippen molar-refractivity contribution in [3.63, 3.8) is 0 Å². The van der Waals surface area contributed by atoms with Gasteiger partial charge in [0.15, 0.2) is 0 Å². The van der Waals surface area contributed by atoms with E-state index in [4.69, 9.17) is 0 Å². The van der Waals surface area contributed by atoms with Gasteiger partial charge in [0.25, 0.3) is 0 Å². The first-order valence-corrected chi connectivity index (χ1v) is 3.48. The monoisotopic (exact) mass is 118 g/mol. The van der Waals surface area contributed by atoms with Gasteiger partial charge in [0.1, 0.15) is 0 Å². The fourth-order valence-corrected chi connectivity index (χ4v) is 0.577. The smallest absolute Gasteiger partial charge is 0.0475 e. The van der Waals surface area contributed by atoms with Gasteiger partial charge >= 0.3 is 0 Å². The summed E-state index contributed by atoms with van der Waals surface area (Å²) in [5, 5.41) is 1.68. The fourth-order valence-electron chi connectivity index (χ4n) is 0.192. The van der Waals surface area contributed by atoms with Crippen LogP contribution < -0.4 is 0 Å². The van der Waals surface area contributed by atoms with E-state index >= 15 is 0 Å². The van der Waals surface area contributed by atoms with E-state index in [1.165, 1.54) is 5.41 Å². The summed E-state index contributed by atoms with van der Waals surface area (Å²) in [4.78, 5) is 0. The summed E-state index contributed by atoms with van der Waals surface area (Å²) in [6.45, 7) is 7.18. The van der Waals surface area contributed by atoms with Gasteiger partial charge in [0.2, 0.25) is 0 Å². The molecule has 0 N–H and O–H groups in total. The first kappa shape index (κ1) is 6.89. The third-order valence-electron chi connectivity index (χ3n) is 0.629. The first-order valence-electron chi connectivity index (χ1n) is 2.20. The van der Waals surface area contributed by atoms with Crippen LogP contribution in [0, 0.1) is 0 Å². The Balaban J connectivity index is 3.56. The minimum Gasteiger partial charge on any atom is -0.255 e. The lowest BCUT2D eigenvalue weighted by Gasteiger charge is -1.94. The molecule has 0 saturated heterocycles. The molecule has 0 spiro atoms. The van der Waals surface area contributed by atoms with Crippen molar-refractivity contribution in [3.8, 4) is 0 Å². The van der Waals surface area contributed by atoms with Gasteiger partial charge in [-0.15, -0.1) is 0 Å². The Morgan fingerprint density at radius 3 is 2.14 bits per heavy atom. The van der Waals surface area contributed by atoms with Crippen molar-refractivity contribution in [1.29, 1.82) is 0 Å². The molecular formula is C5H10OS. The molecular weight excluding hydrogens is 108 g/mol. The van der Waals surface area contributed by atoms with E-state index in [0.717, 1.165) is 0 Å². The predicted octanol–water partition coefficient (Wildman–Crippen LogP) is 1.29. The minimum atomic E-state index is -0.815. The SMILES string of the molecule is C=C[S@@](=O)C(C)C. The van der Waals surface area contributed by atoms with Crippen molar-refractivity contribution in [2.75, 3.05) is 0 Å². The van der Waals surface area contributed by atoms with E-state index in [-0.39, 0.29) is 5.25 Å². The van der Waals surface area contributed by atoms with Crippen molar-refractivity contribution in [1.82, 2.24) is 0 Å². The lowest BCUT2D eigenvalue weighted by Crippen LogP contribution is -1.99. The molecule has 0 heterocycles. The third kappa shape index (κ3) is 2.57. The molecule has 0 aliphatic carbocycles. The Morgan fingerprint density at radius 2 is 2.14 bits per heavy atom. The van der Waals surface area contributed by atoms with Crippen molar-refractivity contribution >= 4 is 10.8 Å². The quantitative estimate of drug-likeness (QED) is 0.534. The van der Waals surface area contributed by atoms with Gasteiger partial charge in [0, 0.05) is 16.0 Å². The predicted molar refractivity (Wildman–Crippen MR) is 33.5 cm³/mol. The van der Waals surface area contributed by atoms with Crippen LogP contribution in [-0.4, -0.2) is 9.46 Å². The molecule has 0 amide bonds. The molecule has 2 heteroatoms. The maximum atomic E-state index is 10.5. The van der Waals surface area contributed by atoms with Gasteiger partial charge in [0.05, 0.1) is 0 Å². The molecule has 0 saturated carbocycles. The maximum absolute atomic E-state index is 10.5. The van der Waals surface area contributed by atoms with E-state index in [2.05, 4.69) is 6.58 Å². The van der Waals surface area contributed by atoms with Gasteiger partial charge < -0.3 is 0 Å². The van der Waals surface area contributed by atoms with Crippen LogP contribution in [0.5, 0.6) is 0 Å².